The number of amides is 1. The van der Waals surface area contributed by atoms with Crippen LogP contribution in [0, 0.1) is 16.8 Å². The van der Waals surface area contributed by atoms with Gasteiger partial charge in [0.15, 0.2) is 6.20 Å². The molecule has 1 aliphatic rings. The average Bonchev–Trinajstić information content (AvgIpc) is 2.74. The van der Waals surface area contributed by atoms with Crippen molar-refractivity contribution in [3.63, 3.8) is 0 Å². The van der Waals surface area contributed by atoms with Gasteiger partial charge in [-0.1, -0.05) is 0 Å². The van der Waals surface area contributed by atoms with E-state index in [1.807, 2.05) is 0 Å². The highest BCUT2D eigenvalue weighted by Gasteiger charge is 2.22. The number of piperazine rings is 1. The van der Waals surface area contributed by atoms with Gasteiger partial charge in [-0.3, -0.25) is 9.69 Å². The van der Waals surface area contributed by atoms with Crippen LogP contribution in [0.3, 0.4) is 0 Å². The molecule has 0 bridgehead atoms. The van der Waals surface area contributed by atoms with E-state index in [2.05, 4.69) is 4.90 Å². The number of hydrogen-bond acceptors (Lipinski definition) is 4. The van der Waals surface area contributed by atoms with Crippen molar-refractivity contribution in [1.29, 1.82) is 0 Å². The summed E-state index contributed by atoms with van der Waals surface area (Å²) >= 11 is 0. The largest absolute Gasteiger partial charge is 0.618 e. The molecule has 8 heteroatoms. The highest BCUT2D eigenvalue weighted by molar-refractivity contribution is 5.95. The summed E-state index contributed by atoms with van der Waals surface area (Å²) in [7, 11) is 0. The monoisotopic (exact) mass is 413 g/mol. The van der Waals surface area contributed by atoms with Gasteiger partial charge in [-0.25, -0.2) is 8.78 Å². The first-order valence-corrected chi connectivity index (χ1v) is 9.71. The molecule has 6 nitrogen and oxygen atoms in total. The van der Waals surface area contributed by atoms with Crippen LogP contribution in [0.5, 0.6) is 0 Å². The third-order valence-corrected chi connectivity index (χ3v) is 5.40. The fourth-order valence-corrected chi connectivity index (χ4v) is 3.75. The van der Waals surface area contributed by atoms with E-state index in [1.165, 1.54) is 6.07 Å². The number of carbonyl (C=O) groups is 1. The molecule has 0 radical (unpaired) electrons. The number of nitrogens with zero attached hydrogens (tertiary/aromatic N) is 3. The van der Waals surface area contributed by atoms with Gasteiger partial charge in [0.05, 0.1) is 12.0 Å². The van der Waals surface area contributed by atoms with Gasteiger partial charge in [-0.2, -0.15) is 4.73 Å². The van der Waals surface area contributed by atoms with Crippen molar-refractivity contribution < 1.29 is 23.4 Å². The summed E-state index contributed by atoms with van der Waals surface area (Å²) in [6, 6.07) is 9.85. The van der Waals surface area contributed by atoms with Crippen molar-refractivity contribution in [3.8, 4) is 11.3 Å². The predicted octanol–water partition coefficient (Wildman–Crippen LogP) is 2.17. The highest BCUT2D eigenvalue weighted by Crippen LogP contribution is 2.24. The third-order valence-electron chi connectivity index (χ3n) is 5.40. The summed E-state index contributed by atoms with van der Waals surface area (Å²) in [5.74, 6) is -1.58. The van der Waals surface area contributed by atoms with Crippen LogP contribution in [-0.4, -0.2) is 60.1 Å². The van der Waals surface area contributed by atoms with E-state index < -0.39 is 11.6 Å². The molecule has 0 atom stereocenters. The number of β-amino-alcohol motifs (C(OH)–C–C–N with tert-alkyl or cyclic N) is 1. The van der Waals surface area contributed by atoms with E-state index in [0.29, 0.717) is 48.6 Å². The number of benzene rings is 2. The minimum atomic E-state index is -0.743. The second kappa shape index (κ2) is 8.33. The van der Waals surface area contributed by atoms with Crippen LogP contribution in [0.15, 0.2) is 48.7 Å². The topological polar surface area (TPSA) is 70.7 Å². The molecule has 3 aromatic rings. The zero-order valence-corrected chi connectivity index (χ0v) is 16.2. The number of aliphatic hydroxyl groups is 1. The maximum atomic E-state index is 14.1. The molecule has 30 heavy (non-hydrogen) atoms. The molecule has 1 amide bonds. The number of fused-ring (bicyclic) bond motifs is 1. The van der Waals surface area contributed by atoms with Gasteiger partial charge in [0.2, 0.25) is 5.69 Å². The summed E-state index contributed by atoms with van der Waals surface area (Å²) < 4.78 is 28.1. The van der Waals surface area contributed by atoms with Crippen LogP contribution >= 0.6 is 0 Å². The van der Waals surface area contributed by atoms with Crippen LogP contribution in [0.4, 0.5) is 8.78 Å². The number of hydrogen-bond donors (Lipinski definition) is 1. The van der Waals surface area contributed by atoms with Gasteiger partial charge in [0.1, 0.15) is 11.6 Å². The maximum Gasteiger partial charge on any atom is 0.253 e. The molecule has 1 N–H and O–H groups in total. The molecule has 1 aromatic heterocycles. The fraction of sp³-hybridized carbons (Fsp3) is 0.273. The number of rotatable bonds is 4. The normalized spacial score (nSPS) is 15.0. The van der Waals surface area contributed by atoms with Crippen LogP contribution in [0.2, 0.25) is 0 Å². The lowest BCUT2D eigenvalue weighted by Crippen LogP contribution is -2.49. The Hall–Kier alpha value is -3.10. The van der Waals surface area contributed by atoms with Gasteiger partial charge in [-0.15, -0.1) is 0 Å². The summed E-state index contributed by atoms with van der Waals surface area (Å²) in [5.41, 5.74) is 1.24. The Bertz CT molecular complexity index is 1080. The van der Waals surface area contributed by atoms with Crippen molar-refractivity contribution in [2.24, 2.45) is 0 Å². The molecule has 2 heterocycles. The first kappa shape index (κ1) is 20.2. The standard InChI is InChI=1S/C22H21F2N3O3/c23-18-11-17-14-27(30)21(13-19(17)20(24)12-18)15-1-3-16(4-2-15)22(29)26-7-5-25(6-8-26)9-10-28/h1-4,11-14,28H,5-10H2. The Morgan fingerprint density at radius 3 is 2.43 bits per heavy atom. The Balaban J connectivity index is 1.55. The first-order valence-electron chi connectivity index (χ1n) is 9.71. The SMILES string of the molecule is O=C(c1ccc(-c2cc3c(F)cc(F)cc3c[n+]2[O-])cc1)N1CCN(CCO)CC1. The smallest absolute Gasteiger partial charge is 0.253 e. The second-order valence-electron chi connectivity index (χ2n) is 7.31. The quantitative estimate of drug-likeness (QED) is 0.526. The zero-order chi connectivity index (χ0) is 21.3. The zero-order valence-electron chi connectivity index (χ0n) is 16.2. The molecule has 1 saturated heterocycles. The average molecular weight is 413 g/mol. The Morgan fingerprint density at radius 1 is 1.07 bits per heavy atom. The Kier molecular flexibility index (Phi) is 5.61. The predicted molar refractivity (Wildman–Crippen MR) is 108 cm³/mol. The summed E-state index contributed by atoms with van der Waals surface area (Å²) in [5, 5.41) is 21.7. The number of carbonyl (C=O) groups excluding carboxylic acids is 1. The van der Waals surface area contributed by atoms with Gasteiger partial charge in [0, 0.05) is 61.4 Å². The van der Waals surface area contributed by atoms with E-state index in [1.54, 1.807) is 29.2 Å². The van der Waals surface area contributed by atoms with Crippen molar-refractivity contribution in [3.05, 3.63) is 71.1 Å². The van der Waals surface area contributed by atoms with Crippen LogP contribution in [0.25, 0.3) is 22.0 Å². The molecule has 0 aliphatic carbocycles. The van der Waals surface area contributed by atoms with E-state index in [0.717, 1.165) is 18.3 Å². The van der Waals surface area contributed by atoms with Gasteiger partial charge in [-0.05, 0) is 30.3 Å². The van der Waals surface area contributed by atoms with Gasteiger partial charge in [0.25, 0.3) is 5.91 Å². The molecule has 0 unspecified atom stereocenters. The van der Waals surface area contributed by atoms with Gasteiger partial charge < -0.3 is 15.2 Å². The number of pyridine rings is 1. The second-order valence-corrected chi connectivity index (χ2v) is 7.31. The summed E-state index contributed by atoms with van der Waals surface area (Å²) in [6.07, 6.45) is 1.14. The molecule has 4 rings (SSSR count). The molecule has 156 valence electrons. The first-order chi connectivity index (χ1) is 14.5. The van der Waals surface area contributed by atoms with E-state index in [9.17, 15) is 18.8 Å². The van der Waals surface area contributed by atoms with Crippen molar-refractivity contribution in [2.45, 2.75) is 0 Å². The molecule has 1 aliphatic heterocycles. The van der Waals surface area contributed by atoms with Crippen molar-refractivity contribution >= 4 is 16.7 Å². The summed E-state index contributed by atoms with van der Waals surface area (Å²) in [6.45, 7) is 3.30. The molecular weight excluding hydrogens is 392 g/mol. The lowest BCUT2D eigenvalue weighted by atomic mass is 10.0. The van der Waals surface area contributed by atoms with Crippen LogP contribution in [0.1, 0.15) is 10.4 Å². The van der Waals surface area contributed by atoms with E-state index >= 15 is 0 Å². The number of aromatic nitrogens is 1. The fourth-order valence-electron chi connectivity index (χ4n) is 3.75. The minimum Gasteiger partial charge on any atom is -0.618 e. The summed E-state index contributed by atoms with van der Waals surface area (Å²) in [4.78, 5) is 16.6. The molecule has 0 spiro atoms. The molecule has 0 saturated carbocycles. The maximum absolute atomic E-state index is 14.1. The highest BCUT2D eigenvalue weighted by atomic mass is 19.1. The molecule has 2 aromatic carbocycles. The van der Waals surface area contributed by atoms with Crippen molar-refractivity contribution in [2.75, 3.05) is 39.3 Å². The van der Waals surface area contributed by atoms with Crippen LogP contribution < -0.4 is 4.73 Å². The third kappa shape index (κ3) is 3.96. The lowest BCUT2D eigenvalue weighted by Gasteiger charge is -2.34. The van der Waals surface area contributed by atoms with Crippen molar-refractivity contribution in [1.82, 2.24) is 9.80 Å². The van der Waals surface area contributed by atoms with Gasteiger partial charge >= 0.3 is 0 Å². The Morgan fingerprint density at radius 2 is 1.77 bits per heavy atom. The molecule has 1 fully saturated rings. The van der Waals surface area contributed by atoms with E-state index in [4.69, 9.17) is 5.11 Å². The minimum absolute atomic E-state index is 0.0970. The van der Waals surface area contributed by atoms with Crippen LogP contribution in [-0.2, 0) is 0 Å². The Labute approximate surface area is 172 Å². The number of halogens is 2. The lowest BCUT2D eigenvalue weighted by molar-refractivity contribution is -0.592. The number of aliphatic hydroxyl groups excluding tert-OH is 1. The molecular formula is C22H21F2N3O3. The van der Waals surface area contributed by atoms with E-state index in [-0.39, 0.29) is 29.0 Å².